The number of rotatable bonds is 2. The number of carbonyl (C=O) groups is 1. The molecule has 0 aliphatic heterocycles. The molecule has 0 amide bonds. The van der Waals surface area contributed by atoms with Crippen molar-refractivity contribution in [3.8, 4) is 0 Å². The van der Waals surface area contributed by atoms with Crippen molar-refractivity contribution in [1.82, 2.24) is 0 Å². The molecule has 0 bridgehead atoms. The van der Waals surface area contributed by atoms with E-state index in [1.54, 1.807) is 24.3 Å². The number of nitrogens with zero attached hydrogens (tertiary/aromatic N) is 1. The van der Waals surface area contributed by atoms with E-state index in [0.717, 1.165) is 11.8 Å². The fourth-order valence-electron chi connectivity index (χ4n) is 1.30. The Labute approximate surface area is 118 Å². The number of benzene rings is 1. The molecule has 0 N–H and O–H groups in total. The maximum Gasteiger partial charge on any atom is 0.169 e. The molecule has 2 aromatic rings. The van der Waals surface area contributed by atoms with E-state index in [1.165, 1.54) is 12.1 Å². The first-order valence-corrected chi connectivity index (χ1v) is 7.17. The summed E-state index contributed by atoms with van der Waals surface area (Å²) in [6.45, 7) is 1.82. The Kier molecular flexibility index (Phi) is 5.54. The summed E-state index contributed by atoms with van der Waals surface area (Å²) in [7, 11) is -2.36. The number of aryl methyl sites for hydroxylation is 2. The smallest absolute Gasteiger partial charge is 0.169 e. The molecule has 106 valence electrons. The molecule has 1 aromatic carbocycles. The number of aromatic nitrogens is 1. The van der Waals surface area contributed by atoms with Gasteiger partial charge >= 0.3 is 0 Å². The van der Waals surface area contributed by atoms with Crippen molar-refractivity contribution >= 4 is 16.4 Å². The minimum atomic E-state index is -4.27. The highest BCUT2D eigenvalue weighted by molar-refractivity contribution is 7.85. The Balaban J connectivity index is 0.000000204. The molecule has 0 atom stereocenters. The highest BCUT2D eigenvalue weighted by Crippen LogP contribution is 2.08. The lowest BCUT2D eigenvalue weighted by Crippen LogP contribution is -2.25. The van der Waals surface area contributed by atoms with Gasteiger partial charge in [0.05, 0.1) is 4.90 Å². The fourth-order valence-corrected chi connectivity index (χ4v) is 1.77. The van der Waals surface area contributed by atoms with Crippen LogP contribution in [0, 0.1) is 6.92 Å². The number of pyridine rings is 1. The summed E-state index contributed by atoms with van der Waals surface area (Å²) in [5.74, 6) is 0. The number of hydrogen-bond acceptors (Lipinski definition) is 4. The first-order chi connectivity index (χ1) is 9.32. The predicted molar refractivity (Wildman–Crippen MR) is 72.1 cm³/mol. The molecular formula is C14H15NO4S. The molecule has 1 aromatic heterocycles. The number of carbonyl (C=O) groups excluding carboxylic acids is 1. The molecule has 0 aliphatic carbocycles. The standard InChI is InChI=1S/C7H8NO.C7H8O3S/c1-8-4-2-7(6-9)3-5-8;1-6-2-4-7(5-3-6)11(8,9)10/h2-6H,1H3;2-5H,1H3,(H,8,9,10)/q+1;/p-1. The highest BCUT2D eigenvalue weighted by atomic mass is 32.2. The van der Waals surface area contributed by atoms with Crippen LogP contribution in [0.25, 0.3) is 0 Å². The van der Waals surface area contributed by atoms with Gasteiger partial charge in [-0.15, -0.1) is 0 Å². The van der Waals surface area contributed by atoms with Crippen molar-refractivity contribution in [2.24, 2.45) is 7.05 Å². The van der Waals surface area contributed by atoms with E-state index < -0.39 is 10.1 Å². The molecule has 2 rings (SSSR count). The van der Waals surface area contributed by atoms with E-state index >= 15 is 0 Å². The first-order valence-electron chi connectivity index (χ1n) is 5.76. The van der Waals surface area contributed by atoms with Gasteiger partial charge in [-0.1, -0.05) is 17.7 Å². The molecule has 0 aliphatic rings. The summed E-state index contributed by atoms with van der Waals surface area (Å²) < 4.78 is 33.0. The molecule has 0 unspecified atom stereocenters. The van der Waals surface area contributed by atoms with E-state index in [1.807, 2.05) is 30.9 Å². The van der Waals surface area contributed by atoms with Gasteiger partial charge in [0.1, 0.15) is 17.2 Å². The van der Waals surface area contributed by atoms with Gasteiger partial charge in [0.25, 0.3) is 0 Å². The van der Waals surface area contributed by atoms with Gasteiger partial charge < -0.3 is 4.55 Å². The minimum absolute atomic E-state index is 0.178. The quantitative estimate of drug-likeness (QED) is 0.474. The van der Waals surface area contributed by atoms with Crippen molar-refractivity contribution in [1.29, 1.82) is 0 Å². The van der Waals surface area contributed by atoms with Gasteiger partial charge in [-0.2, -0.15) is 0 Å². The molecule has 0 saturated carbocycles. The zero-order chi connectivity index (χ0) is 15.2. The van der Waals surface area contributed by atoms with Gasteiger partial charge in [0.2, 0.25) is 0 Å². The van der Waals surface area contributed by atoms with Crippen LogP contribution in [0.1, 0.15) is 15.9 Å². The second kappa shape index (κ2) is 6.93. The SMILES string of the molecule is C[n+]1ccc(C=O)cc1.Cc1ccc(S(=O)(=O)[O-])cc1. The normalized spacial score (nSPS) is 10.3. The van der Waals surface area contributed by atoms with Crippen LogP contribution < -0.4 is 4.57 Å². The third-order valence-electron chi connectivity index (χ3n) is 2.45. The fraction of sp³-hybridized carbons (Fsp3) is 0.143. The Morgan fingerprint density at radius 3 is 1.95 bits per heavy atom. The summed E-state index contributed by atoms with van der Waals surface area (Å²) in [6.07, 6.45) is 4.51. The molecule has 20 heavy (non-hydrogen) atoms. The molecule has 0 saturated heterocycles. The van der Waals surface area contributed by atoms with Gasteiger partial charge in [-0.25, -0.2) is 13.0 Å². The first kappa shape index (κ1) is 16.0. The lowest BCUT2D eigenvalue weighted by atomic mass is 10.2. The Hall–Kier alpha value is -2.05. The zero-order valence-corrected chi connectivity index (χ0v) is 12.0. The van der Waals surface area contributed by atoms with Crippen molar-refractivity contribution < 1.29 is 22.3 Å². The molecule has 5 nitrogen and oxygen atoms in total. The monoisotopic (exact) mass is 293 g/mol. The Bertz CT molecular complexity index is 661. The van der Waals surface area contributed by atoms with Crippen LogP contribution in [-0.2, 0) is 17.2 Å². The van der Waals surface area contributed by atoms with Gasteiger partial charge in [0, 0.05) is 17.7 Å². The second-order valence-electron chi connectivity index (χ2n) is 4.18. The summed E-state index contributed by atoms with van der Waals surface area (Å²) in [4.78, 5) is 9.93. The van der Waals surface area contributed by atoms with Crippen LogP contribution in [-0.4, -0.2) is 19.3 Å². The van der Waals surface area contributed by atoms with Crippen LogP contribution in [0.15, 0.2) is 53.7 Å². The van der Waals surface area contributed by atoms with Crippen LogP contribution in [0.5, 0.6) is 0 Å². The lowest BCUT2D eigenvalue weighted by molar-refractivity contribution is -0.671. The van der Waals surface area contributed by atoms with Crippen molar-refractivity contribution in [2.75, 3.05) is 0 Å². The van der Waals surface area contributed by atoms with E-state index in [4.69, 9.17) is 0 Å². The molecule has 0 radical (unpaired) electrons. The molecule has 6 heteroatoms. The summed E-state index contributed by atoms with van der Waals surface area (Å²) in [6, 6.07) is 9.32. The van der Waals surface area contributed by atoms with E-state index in [0.29, 0.717) is 5.56 Å². The van der Waals surface area contributed by atoms with Gasteiger partial charge in [0.15, 0.2) is 18.7 Å². The lowest BCUT2D eigenvalue weighted by Gasteiger charge is -2.05. The van der Waals surface area contributed by atoms with Crippen LogP contribution in [0.2, 0.25) is 0 Å². The molecule has 0 spiro atoms. The average Bonchev–Trinajstić information content (AvgIpc) is 2.40. The van der Waals surface area contributed by atoms with Gasteiger partial charge in [-0.05, 0) is 19.1 Å². The average molecular weight is 293 g/mol. The van der Waals surface area contributed by atoms with Crippen molar-refractivity contribution in [3.05, 3.63) is 59.9 Å². The maximum absolute atomic E-state index is 10.4. The maximum atomic E-state index is 10.4. The van der Waals surface area contributed by atoms with Crippen molar-refractivity contribution in [2.45, 2.75) is 11.8 Å². The third kappa shape index (κ3) is 5.29. The van der Waals surface area contributed by atoms with Crippen molar-refractivity contribution in [3.63, 3.8) is 0 Å². The van der Waals surface area contributed by atoms with E-state index in [-0.39, 0.29) is 4.90 Å². The van der Waals surface area contributed by atoms with Crippen LogP contribution in [0.4, 0.5) is 0 Å². The topological polar surface area (TPSA) is 78.1 Å². The van der Waals surface area contributed by atoms with E-state index in [9.17, 15) is 17.8 Å². The number of hydrogen-bond donors (Lipinski definition) is 0. The third-order valence-corrected chi connectivity index (χ3v) is 3.30. The largest absolute Gasteiger partial charge is 0.744 e. The number of aldehydes is 1. The molecular weight excluding hydrogens is 278 g/mol. The van der Waals surface area contributed by atoms with E-state index in [2.05, 4.69) is 0 Å². The minimum Gasteiger partial charge on any atom is -0.744 e. The van der Waals surface area contributed by atoms with Gasteiger partial charge in [-0.3, -0.25) is 4.79 Å². The second-order valence-corrected chi connectivity index (χ2v) is 5.56. The van der Waals surface area contributed by atoms with Crippen LogP contribution >= 0.6 is 0 Å². The molecule has 0 fully saturated rings. The Morgan fingerprint density at radius 2 is 1.55 bits per heavy atom. The summed E-state index contributed by atoms with van der Waals surface area (Å²) in [5, 5.41) is 0. The predicted octanol–water partition coefficient (Wildman–Crippen LogP) is 1.22. The van der Waals surface area contributed by atoms with Crippen LogP contribution in [0.3, 0.4) is 0 Å². The zero-order valence-electron chi connectivity index (χ0n) is 11.2. The summed E-state index contributed by atoms with van der Waals surface area (Å²) in [5.41, 5.74) is 1.64. The highest BCUT2D eigenvalue weighted by Gasteiger charge is 1.97. The Morgan fingerprint density at radius 1 is 1.05 bits per heavy atom. The summed E-state index contributed by atoms with van der Waals surface area (Å²) >= 11 is 0. The molecule has 1 heterocycles.